The van der Waals surface area contributed by atoms with Crippen LogP contribution in [0, 0.1) is 6.92 Å². The molecule has 0 bridgehead atoms. The van der Waals surface area contributed by atoms with E-state index in [9.17, 15) is 9.59 Å². The lowest BCUT2D eigenvalue weighted by Crippen LogP contribution is -2.48. The Morgan fingerprint density at radius 2 is 1.71 bits per heavy atom. The van der Waals surface area contributed by atoms with E-state index in [-0.39, 0.29) is 16.9 Å². The van der Waals surface area contributed by atoms with Crippen molar-refractivity contribution in [1.29, 1.82) is 0 Å². The lowest BCUT2D eigenvalue weighted by molar-refractivity contribution is 0.0746. The van der Waals surface area contributed by atoms with Gasteiger partial charge in [-0.05, 0) is 80.2 Å². The topological polar surface area (TPSA) is 73.9 Å². The fourth-order valence-corrected chi connectivity index (χ4v) is 4.72. The van der Waals surface area contributed by atoms with Crippen molar-refractivity contribution < 1.29 is 14.3 Å². The monoisotopic (exact) mass is 550 g/mol. The zero-order valence-electron chi connectivity index (χ0n) is 21.5. The number of thiocarbonyl (C=S) groups is 1. The number of aryl methyl sites for hydroxylation is 1. The van der Waals surface area contributed by atoms with E-state index in [4.69, 9.17) is 28.6 Å². The number of nitrogens with zero attached hydrogens (tertiary/aromatic N) is 2. The van der Waals surface area contributed by atoms with Crippen molar-refractivity contribution in [1.82, 2.24) is 10.2 Å². The van der Waals surface area contributed by atoms with Gasteiger partial charge in [-0.1, -0.05) is 36.2 Å². The Hall–Kier alpha value is -3.62. The number of benzene rings is 3. The summed E-state index contributed by atoms with van der Waals surface area (Å²) in [6.07, 6.45) is 0.939. The molecule has 0 aliphatic carbocycles. The number of amides is 2. The Labute approximate surface area is 233 Å². The van der Waals surface area contributed by atoms with Crippen LogP contribution in [0.5, 0.6) is 5.75 Å². The number of carbonyl (C=O) groups is 2. The average Bonchev–Trinajstić information content (AvgIpc) is 2.92. The first-order valence-electron chi connectivity index (χ1n) is 12.6. The van der Waals surface area contributed by atoms with E-state index in [0.717, 1.165) is 23.4 Å². The molecule has 7 nitrogen and oxygen atoms in total. The Bertz CT molecular complexity index is 1310. The highest BCUT2D eigenvalue weighted by atomic mass is 35.5. The van der Waals surface area contributed by atoms with Crippen molar-refractivity contribution >= 4 is 52.1 Å². The van der Waals surface area contributed by atoms with Gasteiger partial charge in [0.25, 0.3) is 11.8 Å². The normalized spacial score (nSPS) is 13.1. The second-order valence-corrected chi connectivity index (χ2v) is 9.91. The van der Waals surface area contributed by atoms with Gasteiger partial charge in [-0.15, -0.1) is 0 Å². The number of hydrogen-bond donors (Lipinski definition) is 2. The van der Waals surface area contributed by atoms with Crippen molar-refractivity contribution in [2.75, 3.05) is 43.0 Å². The molecule has 0 saturated carbocycles. The highest BCUT2D eigenvalue weighted by Crippen LogP contribution is 2.30. The molecule has 1 heterocycles. The zero-order valence-corrected chi connectivity index (χ0v) is 23.1. The van der Waals surface area contributed by atoms with Crippen LogP contribution < -0.4 is 20.3 Å². The van der Waals surface area contributed by atoms with Crippen LogP contribution in [0.25, 0.3) is 0 Å². The number of piperazine rings is 1. The Balaban J connectivity index is 1.30. The smallest absolute Gasteiger partial charge is 0.257 e. The standard InChI is InChI=1S/C29H31ClN4O3S/c1-3-17-37-24-10-7-21(8-11-24)28(36)34-15-13-33(14-16-34)26-12-9-23(19-25(26)30)31-29(38)32-27(35)22-6-4-5-20(2)18-22/h4-12,18-19H,3,13-17H2,1-2H3,(H2,31,32,35,38). The van der Waals surface area contributed by atoms with Gasteiger partial charge in [0.1, 0.15) is 5.75 Å². The summed E-state index contributed by atoms with van der Waals surface area (Å²) >= 11 is 11.9. The first-order chi connectivity index (χ1) is 18.3. The molecule has 0 radical (unpaired) electrons. The predicted octanol–water partition coefficient (Wildman–Crippen LogP) is 5.53. The molecule has 3 aromatic rings. The lowest BCUT2D eigenvalue weighted by Gasteiger charge is -2.36. The Morgan fingerprint density at radius 1 is 0.974 bits per heavy atom. The number of ether oxygens (including phenoxy) is 1. The molecule has 0 unspecified atom stereocenters. The van der Waals surface area contributed by atoms with Gasteiger partial charge in [0.2, 0.25) is 0 Å². The fraction of sp³-hybridized carbons (Fsp3) is 0.276. The lowest BCUT2D eigenvalue weighted by atomic mass is 10.1. The minimum Gasteiger partial charge on any atom is -0.494 e. The number of carbonyl (C=O) groups excluding carboxylic acids is 2. The third kappa shape index (κ3) is 7.02. The van der Waals surface area contributed by atoms with Crippen molar-refractivity contribution in [3.63, 3.8) is 0 Å². The molecular formula is C29H31ClN4O3S. The van der Waals surface area contributed by atoms with Crippen molar-refractivity contribution in [3.8, 4) is 5.75 Å². The average molecular weight is 551 g/mol. The van der Waals surface area contributed by atoms with E-state index in [2.05, 4.69) is 22.5 Å². The molecule has 3 aromatic carbocycles. The van der Waals surface area contributed by atoms with E-state index in [1.807, 2.05) is 60.4 Å². The quantitative estimate of drug-likeness (QED) is 0.377. The largest absolute Gasteiger partial charge is 0.494 e. The number of hydrogen-bond acceptors (Lipinski definition) is 5. The first kappa shape index (κ1) is 27.4. The molecule has 2 N–H and O–H groups in total. The first-order valence-corrected chi connectivity index (χ1v) is 13.4. The molecule has 0 atom stereocenters. The van der Waals surface area contributed by atoms with Gasteiger partial charge in [-0.3, -0.25) is 14.9 Å². The maximum Gasteiger partial charge on any atom is 0.257 e. The minimum absolute atomic E-state index is 0.0126. The predicted molar refractivity (Wildman–Crippen MR) is 157 cm³/mol. The molecule has 198 valence electrons. The number of anilines is 2. The molecule has 0 aromatic heterocycles. The molecular weight excluding hydrogens is 520 g/mol. The molecule has 1 aliphatic heterocycles. The van der Waals surface area contributed by atoms with E-state index < -0.39 is 0 Å². The van der Waals surface area contributed by atoms with Crippen LogP contribution >= 0.6 is 23.8 Å². The van der Waals surface area contributed by atoms with Crippen LogP contribution in [-0.2, 0) is 0 Å². The second-order valence-electron chi connectivity index (χ2n) is 9.10. The molecule has 1 aliphatic rings. The van der Waals surface area contributed by atoms with E-state index in [1.165, 1.54) is 0 Å². The summed E-state index contributed by atoms with van der Waals surface area (Å²) in [5, 5.41) is 6.46. The molecule has 9 heteroatoms. The summed E-state index contributed by atoms with van der Waals surface area (Å²) in [4.78, 5) is 29.4. The van der Waals surface area contributed by atoms with E-state index in [0.29, 0.717) is 54.6 Å². The van der Waals surface area contributed by atoms with Gasteiger partial charge in [0.05, 0.1) is 17.3 Å². The minimum atomic E-state index is -0.276. The maximum atomic E-state index is 13.0. The summed E-state index contributed by atoms with van der Waals surface area (Å²) in [7, 11) is 0. The highest BCUT2D eigenvalue weighted by molar-refractivity contribution is 7.80. The van der Waals surface area contributed by atoms with E-state index in [1.54, 1.807) is 18.2 Å². The highest BCUT2D eigenvalue weighted by Gasteiger charge is 2.23. The van der Waals surface area contributed by atoms with Gasteiger partial charge in [0.15, 0.2) is 5.11 Å². The van der Waals surface area contributed by atoms with Gasteiger partial charge >= 0.3 is 0 Å². The fourth-order valence-electron chi connectivity index (χ4n) is 4.21. The molecule has 1 fully saturated rings. The molecule has 2 amide bonds. The summed E-state index contributed by atoms with van der Waals surface area (Å²) in [5.41, 5.74) is 3.75. The number of nitrogens with one attached hydrogen (secondary N) is 2. The van der Waals surface area contributed by atoms with E-state index >= 15 is 0 Å². The second kappa shape index (κ2) is 12.8. The molecule has 1 saturated heterocycles. The van der Waals surface area contributed by atoms with Crippen LogP contribution in [0.4, 0.5) is 11.4 Å². The van der Waals surface area contributed by atoms with Crippen molar-refractivity contribution in [2.24, 2.45) is 0 Å². The van der Waals surface area contributed by atoms with Crippen molar-refractivity contribution in [3.05, 3.63) is 88.4 Å². The Morgan fingerprint density at radius 3 is 2.37 bits per heavy atom. The SMILES string of the molecule is CCCOc1ccc(C(=O)N2CCN(c3ccc(NC(=S)NC(=O)c4cccc(C)c4)cc3Cl)CC2)cc1. The maximum absolute atomic E-state index is 13.0. The van der Waals surface area contributed by atoms with Gasteiger partial charge < -0.3 is 19.9 Å². The van der Waals surface area contributed by atoms with Crippen molar-refractivity contribution in [2.45, 2.75) is 20.3 Å². The molecule has 4 rings (SSSR count). The zero-order chi connectivity index (χ0) is 27.1. The molecule has 0 spiro atoms. The summed E-state index contributed by atoms with van der Waals surface area (Å²) in [5.74, 6) is 0.510. The van der Waals surface area contributed by atoms with Gasteiger partial charge in [-0.25, -0.2) is 0 Å². The number of rotatable bonds is 7. The van der Waals surface area contributed by atoms with Crippen LogP contribution in [0.2, 0.25) is 5.02 Å². The van der Waals surface area contributed by atoms with Gasteiger partial charge in [0, 0.05) is 43.0 Å². The third-order valence-corrected chi connectivity index (χ3v) is 6.70. The van der Waals surface area contributed by atoms with Crippen LogP contribution in [0.15, 0.2) is 66.7 Å². The third-order valence-electron chi connectivity index (χ3n) is 6.19. The molecule has 38 heavy (non-hydrogen) atoms. The summed E-state index contributed by atoms with van der Waals surface area (Å²) in [6.45, 7) is 7.17. The van der Waals surface area contributed by atoms with Gasteiger partial charge in [-0.2, -0.15) is 0 Å². The number of halogens is 1. The van der Waals surface area contributed by atoms with Crippen LogP contribution in [0.1, 0.15) is 39.6 Å². The Kier molecular flexibility index (Phi) is 9.20. The summed E-state index contributed by atoms with van der Waals surface area (Å²) < 4.78 is 5.60. The summed E-state index contributed by atoms with van der Waals surface area (Å²) in [6, 6.07) is 20.2. The van der Waals surface area contributed by atoms with Crippen LogP contribution in [0.3, 0.4) is 0 Å². The van der Waals surface area contributed by atoms with Crippen LogP contribution in [-0.4, -0.2) is 54.6 Å².